The van der Waals surface area contributed by atoms with E-state index < -0.39 is 0 Å². The van der Waals surface area contributed by atoms with E-state index in [1.165, 1.54) is 4.90 Å². The van der Waals surface area contributed by atoms with Crippen molar-refractivity contribution in [2.45, 2.75) is 6.54 Å². The number of amides is 1. The van der Waals surface area contributed by atoms with Crippen molar-refractivity contribution in [3.8, 4) is 5.69 Å². The van der Waals surface area contributed by atoms with E-state index in [2.05, 4.69) is 5.10 Å². The molecule has 100 valence electrons. The molecule has 0 aliphatic heterocycles. The zero-order valence-corrected chi connectivity index (χ0v) is 11.6. The molecule has 1 amide bonds. The number of nitrogens with zero attached hydrogens (tertiary/aromatic N) is 3. The van der Waals surface area contributed by atoms with Crippen LogP contribution in [-0.2, 0) is 6.54 Å². The van der Waals surface area contributed by atoms with E-state index in [-0.39, 0.29) is 5.91 Å². The Labute approximate surface area is 116 Å². The SMILES string of the molecule is CN(C)C(=O)c1ccn(-c2ccc(CN)cc2Cl)n1. The van der Waals surface area contributed by atoms with E-state index in [0.717, 1.165) is 11.3 Å². The lowest BCUT2D eigenvalue weighted by Gasteiger charge is -2.08. The molecule has 0 bridgehead atoms. The Morgan fingerprint density at radius 1 is 1.42 bits per heavy atom. The third-order valence-corrected chi connectivity index (χ3v) is 3.01. The molecule has 5 nitrogen and oxygen atoms in total. The first-order valence-electron chi connectivity index (χ1n) is 5.79. The van der Waals surface area contributed by atoms with Gasteiger partial charge in [0.15, 0.2) is 5.69 Å². The molecule has 0 aliphatic carbocycles. The highest BCUT2D eigenvalue weighted by molar-refractivity contribution is 6.32. The molecule has 2 N–H and O–H groups in total. The average Bonchev–Trinajstić information content (AvgIpc) is 2.86. The standard InChI is InChI=1S/C13H15ClN4O/c1-17(2)13(19)11-5-6-18(16-11)12-4-3-9(8-15)7-10(12)14/h3-7H,8,15H2,1-2H3. The number of carbonyl (C=O) groups is 1. The maximum atomic E-state index is 11.8. The molecule has 0 spiro atoms. The van der Waals surface area contributed by atoms with Crippen molar-refractivity contribution in [3.63, 3.8) is 0 Å². The molecular formula is C13H15ClN4O. The fourth-order valence-electron chi connectivity index (χ4n) is 1.66. The summed E-state index contributed by atoms with van der Waals surface area (Å²) in [4.78, 5) is 13.3. The summed E-state index contributed by atoms with van der Waals surface area (Å²) in [5, 5.41) is 4.78. The van der Waals surface area contributed by atoms with Crippen LogP contribution in [0.3, 0.4) is 0 Å². The van der Waals surface area contributed by atoms with Gasteiger partial charge in [-0.25, -0.2) is 4.68 Å². The van der Waals surface area contributed by atoms with E-state index in [4.69, 9.17) is 17.3 Å². The van der Waals surface area contributed by atoms with E-state index >= 15 is 0 Å². The van der Waals surface area contributed by atoms with E-state index in [0.29, 0.717) is 17.3 Å². The molecule has 1 heterocycles. The molecule has 0 aliphatic rings. The fraction of sp³-hybridized carbons (Fsp3) is 0.231. The van der Waals surface area contributed by atoms with Crippen LogP contribution in [0.4, 0.5) is 0 Å². The van der Waals surface area contributed by atoms with Gasteiger partial charge in [-0.2, -0.15) is 5.10 Å². The summed E-state index contributed by atoms with van der Waals surface area (Å²) in [5.74, 6) is -0.145. The van der Waals surface area contributed by atoms with Crippen LogP contribution in [0.1, 0.15) is 16.1 Å². The monoisotopic (exact) mass is 278 g/mol. The van der Waals surface area contributed by atoms with Crippen molar-refractivity contribution >= 4 is 17.5 Å². The van der Waals surface area contributed by atoms with Gasteiger partial charge in [-0.1, -0.05) is 17.7 Å². The van der Waals surface area contributed by atoms with Crippen LogP contribution in [0.25, 0.3) is 5.69 Å². The van der Waals surface area contributed by atoms with Crippen LogP contribution < -0.4 is 5.73 Å². The molecule has 19 heavy (non-hydrogen) atoms. The van der Waals surface area contributed by atoms with Crippen LogP contribution in [0, 0.1) is 0 Å². The number of hydrogen-bond donors (Lipinski definition) is 1. The van der Waals surface area contributed by atoms with Gasteiger partial charge in [0.1, 0.15) is 0 Å². The van der Waals surface area contributed by atoms with Gasteiger partial charge in [0.05, 0.1) is 10.7 Å². The largest absolute Gasteiger partial charge is 0.343 e. The molecule has 2 rings (SSSR count). The predicted octanol–water partition coefficient (Wildman–Crippen LogP) is 1.69. The second-order valence-electron chi connectivity index (χ2n) is 4.34. The molecule has 2 aromatic rings. The van der Waals surface area contributed by atoms with Gasteiger partial charge >= 0.3 is 0 Å². The van der Waals surface area contributed by atoms with Crippen molar-refractivity contribution in [3.05, 3.63) is 46.7 Å². The van der Waals surface area contributed by atoms with E-state index in [1.807, 2.05) is 12.1 Å². The molecular weight excluding hydrogens is 264 g/mol. The van der Waals surface area contributed by atoms with Gasteiger partial charge in [-0.05, 0) is 23.8 Å². The lowest BCUT2D eigenvalue weighted by molar-refractivity contribution is 0.0821. The first kappa shape index (κ1) is 13.6. The van der Waals surface area contributed by atoms with E-state index in [1.54, 1.807) is 37.1 Å². The molecule has 0 atom stereocenters. The summed E-state index contributed by atoms with van der Waals surface area (Å²) in [6.07, 6.45) is 1.71. The zero-order valence-electron chi connectivity index (χ0n) is 10.8. The lowest BCUT2D eigenvalue weighted by Crippen LogP contribution is -2.22. The first-order valence-corrected chi connectivity index (χ1v) is 6.17. The Balaban J connectivity index is 2.35. The van der Waals surface area contributed by atoms with Crippen LogP contribution in [0.15, 0.2) is 30.5 Å². The van der Waals surface area contributed by atoms with Gasteiger partial charge < -0.3 is 10.6 Å². The summed E-state index contributed by atoms with van der Waals surface area (Å²) in [6, 6.07) is 7.18. The van der Waals surface area contributed by atoms with Crippen LogP contribution in [0.5, 0.6) is 0 Å². The van der Waals surface area contributed by atoms with Crippen LogP contribution in [-0.4, -0.2) is 34.7 Å². The number of benzene rings is 1. The number of rotatable bonds is 3. The quantitative estimate of drug-likeness (QED) is 0.929. The molecule has 0 saturated carbocycles. The number of aromatic nitrogens is 2. The summed E-state index contributed by atoms with van der Waals surface area (Å²) in [5.41, 5.74) is 7.60. The van der Waals surface area contributed by atoms with Crippen molar-refractivity contribution in [1.29, 1.82) is 0 Å². The molecule has 0 fully saturated rings. The summed E-state index contributed by atoms with van der Waals surface area (Å²) in [6.45, 7) is 0.434. The zero-order chi connectivity index (χ0) is 14.0. The fourth-order valence-corrected chi connectivity index (χ4v) is 1.95. The van der Waals surface area contributed by atoms with Gasteiger partial charge in [0.2, 0.25) is 0 Å². The smallest absolute Gasteiger partial charge is 0.273 e. The summed E-state index contributed by atoms with van der Waals surface area (Å²) >= 11 is 6.18. The number of hydrogen-bond acceptors (Lipinski definition) is 3. The predicted molar refractivity (Wildman–Crippen MR) is 74.5 cm³/mol. The summed E-state index contributed by atoms with van der Waals surface area (Å²) in [7, 11) is 3.37. The Kier molecular flexibility index (Phi) is 3.87. The molecule has 1 aromatic heterocycles. The minimum Gasteiger partial charge on any atom is -0.343 e. The molecule has 0 radical (unpaired) electrons. The number of carbonyl (C=O) groups excluding carboxylic acids is 1. The first-order chi connectivity index (χ1) is 9.02. The highest BCUT2D eigenvalue weighted by Gasteiger charge is 2.13. The van der Waals surface area contributed by atoms with Crippen molar-refractivity contribution in [2.24, 2.45) is 5.73 Å². The van der Waals surface area contributed by atoms with Gasteiger partial charge in [0.25, 0.3) is 5.91 Å². The highest BCUT2D eigenvalue weighted by atomic mass is 35.5. The van der Waals surface area contributed by atoms with Gasteiger partial charge in [-0.15, -0.1) is 0 Å². The maximum Gasteiger partial charge on any atom is 0.273 e. The minimum atomic E-state index is -0.145. The van der Waals surface area contributed by atoms with Crippen LogP contribution >= 0.6 is 11.6 Å². The normalized spacial score (nSPS) is 10.5. The molecule has 0 saturated heterocycles. The van der Waals surface area contributed by atoms with Gasteiger partial charge in [0, 0.05) is 26.8 Å². The highest BCUT2D eigenvalue weighted by Crippen LogP contribution is 2.21. The Hall–Kier alpha value is -1.85. The number of nitrogens with two attached hydrogens (primary N) is 1. The Morgan fingerprint density at radius 2 is 2.16 bits per heavy atom. The van der Waals surface area contributed by atoms with E-state index in [9.17, 15) is 4.79 Å². The lowest BCUT2D eigenvalue weighted by atomic mass is 10.2. The third kappa shape index (κ3) is 2.77. The molecule has 1 aromatic carbocycles. The summed E-state index contributed by atoms with van der Waals surface area (Å²) < 4.78 is 1.58. The van der Waals surface area contributed by atoms with Gasteiger partial charge in [-0.3, -0.25) is 4.79 Å². The maximum absolute atomic E-state index is 11.8. The second kappa shape index (κ2) is 5.42. The van der Waals surface area contributed by atoms with Crippen molar-refractivity contribution in [1.82, 2.24) is 14.7 Å². The third-order valence-electron chi connectivity index (χ3n) is 2.71. The van der Waals surface area contributed by atoms with Crippen LogP contribution in [0.2, 0.25) is 5.02 Å². The van der Waals surface area contributed by atoms with Crippen molar-refractivity contribution < 1.29 is 4.79 Å². The molecule has 6 heteroatoms. The average molecular weight is 279 g/mol. The Morgan fingerprint density at radius 3 is 2.74 bits per heavy atom. The molecule has 0 unspecified atom stereocenters. The van der Waals surface area contributed by atoms with Crippen molar-refractivity contribution in [2.75, 3.05) is 14.1 Å². The minimum absolute atomic E-state index is 0.145. The Bertz CT molecular complexity index is 606. The second-order valence-corrected chi connectivity index (χ2v) is 4.74. The topological polar surface area (TPSA) is 64.2 Å². The number of halogens is 1.